The van der Waals surface area contributed by atoms with Gasteiger partial charge in [-0.25, -0.2) is 0 Å². The maximum absolute atomic E-state index is 6.46. The van der Waals surface area contributed by atoms with Crippen LogP contribution in [0.15, 0.2) is 72.8 Å². The number of piperidine rings is 1. The number of rotatable bonds is 8. The van der Waals surface area contributed by atoms with E-state index in [1.165, 1.54) is 43.5 Å². The van der Waals surface area contributed by atoms with E-state index in [1.807, 2.05) is 44.2 Å². The number of hydrogen-bond donors (Lipinski definition) is 1. The van der Waals surface area contributed by atoms with Gasteiger partial charge in [0.05, 0.1) is 0 Å². The van der Waals surface area contributed by atoms with Crippen LogP contribution < -0.4 is 5.32 Å². The van der Waals surface area contributed by atoms with E-state index in [-0.39, 0.29) is 6.04 Å². The molecular formula is C30H35ClN6. The van der Waals surface area contributed by atoms with Crippen molar-refractivity contribution in [3.05, 3.63) is 94.5 Å². The second kappa shape index (κ2) is 11.0. The van der Waals surface area contributed by atoms with Crippen molar-refractivity contribution in [1.82, 2.24) is 25.1 Å². The lowest BCUT2D eigenvalue weighted by Gasteiger charge is -2.26. The molecule has 1 unspecified atom stereocenters. The van der Waals surface area contributed by atoms with E-state index in [0.717, 1.165) is 23.4 Å². The Morgan fingerprint density at radius 3 is 2.54 bits per heavy atom. The van der Waals surface area contributed by atoms with E-state index >= 15 is 0 Å². The molecule has 1 aromatic heterocycles. The summed E-state index contributed by atoms with van der Waals surface area (Å²) in [6, 6.07) is 25.1. The van der Waals surface area contributed by atoms with Gasteiger partial charge < -0.3 is 5.32 Å². The molecule has 1 fully saturated rings. The van der Waals surface area contributed by atoms with Crippen LogP contribution in [0.3, 0.4) is 0 Å². The minimum Gasteiger partial charge on any atom is -0.379 e. The molecule has 3 aromatic carbocycles. The van der Waals surface area contributed by atoms with Crippen LogP contribution in [-0.2, 0) is 12.1 Å². The first-order valence-corrected chi connectivity index (χ1v) is 13.5. The highest BCUT2D eigenvalue weighted by atomic mass is 35.5. The number of nitrogens with one attached hydrogen (secondary N) is 1. The Labute approximate surface area is 224 Å². The van der Waals surface area contributed by atoms with Crippen molar-refractivity contribution in [3.8, 4) is 11.4 Å². The molecule has 0 amide bonds. The minimum absolute atomic E-state index is 0.125. The fourth-order valence-electron chi connectivity index (χ4n) is 5.05. The molecule has 6 nitrogen and oxygen atoms in total. The zero-order valence-corrected chi connectivity index (χ0v) is 22.6. The molecule has 1 aliphatic heterocycles. The van der Waals surface area contributed by atoms with Gasteiger partial charge >= 0.3 is 0 Å². The van der Waals surface area contributed by atoms with Crippen molar-refractivity contribution in [2.75, 3.05) is 18.4 Å². The van der Waals surface area contributed by atoms with E-state index in [0.29, 0.717) is 10.8 Å². The highest BCUT2D eigenvalue weighted by Crippen LogP contribution is 2.31. The molecule has 1 saturated heterocycles. The van der Waals surface area contributed by atoms with E-state index in [9.17, 15) is 0 Å². The Balaban J connectivity index is 1.30. The van der Waals surface area contributed by atoms with Crippen molar-refractivity contribution < 1.29 is 0 Å². The predicted molar refractivity (Wildman–Crippen MR) is 151 cm³/mol. The van der Waals surface area contributed by atoms with Crippen molar-refractivity contribution in [1.29, 1.82) is 0 Å². The van der Waals surface area contributed by atoms with Gasteiger partial charge in [0.1, 0.15) is 5.54 Å². The largest absolute Gasteiger partial charge is 0.379 e. The van der Waals surface area contributed by atoms with Crippen LogP contribution in [0.4, 0.5) is 5.69 Å². The molecule has 2 heterocycles. The number of hydrogen-bond acceptors (Lipinski definition) is 5. The summed E-state index contributed by atoms with van der Waals surface area (Å²) in [5.74, 6) is 0.595. The molecule has 37 heavy (non-hydrogen) atoms. The Hall–Kier alpha value is -3.22. The lowest BCUT2D eigenvalue weighted by atomic mass is 9.95. The number of benzene rings is 3. The van der Waals surface area contributed by atoms with Gasteiger partial charge in [-0.3, -0.25) is 4.90 Å². The van der Waals surface area contributed by atoms with E-state index in [1.54, 1.807) is 4.80 Å². The minimum atomic E-state index is -0.532. The Morgan fingerprint density at radius 1 is 0.946 bits per heavy atom. The fourth-order valence-corrected chi connectivity index (χ4v) is 5.41. The summed E-state index contributed by atoms with van der Waals surface area (Å²) >= 11 is 6.46. The van der Waals surface area contributed by atoms with Crippen molar-refractivity contribution in [2.24, 2.45) is 0 Å². The fraction of sp³-hybridized carbons (Fsp3) is 0.367. The lowest BCUT2D eigenvalue weighted by Crippen LogP contribution is -2.30. The first-order valence-electron chi connectivity index (χ1n) is 13.1. The summed E-state index contributed by atoms with van der Waals surface area (Å²) in [6.45, 7) is 9.69. The number of halogens is 1. The second-order valence-electron chi connectivity index (χ2n) is 10.5. The third kappa shape index (κ3) is 5.86. The van der Waals surface area contributed by atoms with E-state index < -0.39 is 5.54 Å². The van der Waals surface area contributed by atoms with Gasteiger partial charge in [-0.05, 0) is 92.9 Å². The highest BCUT2D eigenvalue weighted by Gasteiger charge is 2.28. The van der Waals surface area contributed by atoms with Crippen LogP contribution >= 0.6 is 11.6 Å². The Morgan fingerprint density at radius 2 is 1.73 bits per heavy atom. The van der Waals surface area contributed by atoms with Crippen LogP contribution in [0.5, 0.6) is 0 Å². The molecule has 5 rings (SSSR count). The summed E-state index contributed by atoms with van der Waals surface area (Å²) in [5, 5.41) is 17.8. The zero-order valence-electron chi connectivity index (χ0n) is 21.9. The molecule has 0 bridgehead atoms. The topological polar surface area (TPSA) is 58.9 Å². The monoisotopic (exact) mass is 514 g/mol. The van der Waals surface area contributed by atoms with E-state index in [4.69, 9.17) is 16.7 Å². The van der Waals surface area contributed by atoms with Crippen molar-refractivity contribution in [3.63, 3.8) is 0 Å². The SMILES string of the molecule is CC(Nc1cccc(CN2CCCCC2)c1)c1cccc(-c2nnn(C(C)(C)c3ccccc3Cl)n2)c1. The number of likely N-dealkylation sites (tertiary alicyclic amines) is 1. The van der Waals surface area contributed by atoms with Gasteiger partial charge in [0.25, 0.3) is 0 Å². The molecule has 0 aliphatic carbocycles. The second-order valence-corrected chi connectivity index (χ2v) is 10.9. The van der Waals surface area contributed by atoms with Gasteiger partial charge in [-0.1, -0.05) is 66.6 Å². The van der Waals surface area contributed by atoms with Crippen LogP contribution in [0, 0.1) is 0 Å². The quantitative estimate of drug-likeness (QED) is 0.276. The molecule has 1 atom stereocenters. The lowest BCUT2D eigenvalue weighted by molar-refractivity contribution is 0.221. The summed E-state index contributed by atoms with van der Waals surface area (Å²) in [6.07, 6.45) is 3.98. The normalized spacial score (nSPS) is 15.5. The predicted octanol–water partition coefficient (Wildman–Crippen LogP) is 6.94. The van der Waals surface area contributed by atoms with Gasteiger partial charge in [0, 0.05) is 28.9 Å². The first kappa shape index (κ1) is 25.4. The average Bonchev–Trinajstić information content (AvgIpc) is 3.41. The average molecular weight is 515 g/mol. The van der Waals surface area contributed by atoms with Gasteiger partial charge in [0.2, 0.25) is 5.82 Å². The van der Waals surface area contributed by atoms with Crippen LogP contribution in [0.2, 0.25) is 5.02 Å². The first-order chi connectivity index (χ1) is 17.9. The molecular weight excluding hydrogens is 480 g/mol. The summed E-state index contributed by atoms with van der Waals surface area (Å²) < 4.78 is 0. The Bertz CT molecular complexity index is 1340. The molecule has 4 aromatic rings. The molecule has 192 valence electrons. The van der Waals surface area contributed by atoms with Crippen molar-refractivity contribution >= 4 is 17.3 Å². The number of anilines is 1. The molecule has 0 saturated carbocycles. The molecule has 0 spiro atoms. The summed E-state index contributed by atoms with van der Waals surface area (Å²) in [7, 11) is 0. The van der Waals surface area contributed by atoms with Gasteiger partial charge in [0.15, 0.2) is 0 Å². The Kier molecular flexibility index (Phi) is 7.58. The number of aromatic nitrogens is 4. The molecule has 1 N–H and O–H groups in total. The van der Waals surface area contributed by atoms with Gasteiger partial charge in [-0.15, -0.1) is 10.2 Å². The summed E-state index contributed by atoms with van der Waals surface area (Å²) in [5.41, 5.74) is 5.02. The smallest absolute Gasteiger partial charge is 0.204 e. The highest BCUT2D eigenvalue weighted by molar-refractivity contribution is 6.31. The number of tetrazole rings is 1. The summed E-state index contributed by atoms with van der Waals surface area (Å²) in [4.78, 5) is 4.20. The van der Waals surface area contributed by atoms with E-state index in [2.05, 4.69) is 69.9 Å². The standard InChI is InChI=1S/C30H35ClN6/c1-22(32-26-14-9-11-23(19-26)21-36-17-7-4-8-18-36)24-12-10-13-25(20-24)29-33-35-37(34-29)30(2,3)27-15-5-6-16-28(27)31/h5-6,9-16,19-20,22,32H,4,7-8,17-18,21H2,1-3H3. The third-order valence-electron chi connectivity index (χ3n) is 7.26. The van der Waals surface area contributed by atoms with Crippen molar-refractivity contribution in [2.45, 2.75) is 58.2 Å². The van der Waals surface area contributed by atoms with Gasteiger partial charge in [-0.2, -0.15) is 4.80 Å². The molecule has 1 aliphatic rings. The molecule has 0 radical (unpaired) electrons. The number of nitrogens with zero attached hydrogens (tertiary/aromatic N) is 5. The zero-order chi connectivity index (χ0) is 25.8. The molecule has 7 heteroatoms. The maximum atomic E-state index is 6.46. The van der Waals surface area contributed by atoms with Crippen LogP contribution in [0.25, 0.3) is 11.4 Å². The third-order valence-corrected chi connectivity index (χ3v) is 7.59. The van der Waals surface area contributed by atoms with Crippen LogP contribution in [0.1, 0.15) is 62.8 Å². The maximum Gasteiger partial charge on any atom is 0.204 e. The van der Waals surface area contributed by atoms with Crippen LogP contribution in [-0.4, -0.2) is 38.2 Å².